The maximum Gasteiger partial charge on any atom is 0.230 e. The third-order valence-corrected chi connectivity index (χ3v) is 6.79. The summed E-state index contributed by atoms with van der Waals surface area (Å²) >= 11 is 1.35. The number of nitrogens with one attached hydrogen (secondary N) is 1. The molecule has 0 radical (unpaired) electrons. The lowest BCUT2D eigenvalue weighted by molar-refractivity contribution is -0.118. The van der Waals surface area contributed by atoms with Crippen LogP contribution in [-0.2, 0) is 11.3 Å². The third-order valence-electron chi connectivity index (χ3n) is 5.83. The molecule has 3 aromatic rings. The van der Waals surface area contributed by atoms with Crippen LogP contribution in [0.25, 0.3) is 0 Å². The van der Waals surface area contributed by atoms with Gasteiger partial charge in [0.2, 0.25) is 11.1 Å². The standard InChI is InChI=1S/C24H30N6O2S/c1-32-21-12-10-20(11-13-21)22(29-14-6-3-7-15-29)16-25-23(31)18-33-24-26-27-28-30(24)17-19-8-4-2-5-9-19/h2,4-5,8-13,22H,3,6-7,14-18H2,1H3,(H,25,31)/t22-/m1/s1. The highest BCUT2D eigenvalue weighted by Crippen LogP contribution is 2.26. The maximum atomic E-state index is 12.7. The molecule has 4 rings (SSSR count). The van der Waals surface area contributed by atoms with E-state index in [9.17, 15) is 4.79 Å². The number of thioether (sulfide) groups is 1. The normalized spacial score (nSPS) is 15.2. The van der Waals surface area contributed by atoms with Gasteiger partial charge in [0.1, 0.15) is 5.75 Å². The summed E-state index contributed by atoms with van der Waals surface area (Å²) in [5.74, 6) is 1.08. The van der Waals surface area contributed by atoms with Crippen LogP contribution in [0.5, 0.6) is 5.75 Å². The Morgan fingerprint density at radius 1 is 1.09 bits per heavy atom. The van der Waals surface area contributed by atoms with Crippen molar-refractivity contribution in [3.8, 4) is 5.75 Å². The van der Waals surface area contributed by atoms with Gasteiger partial charge < -0.3 is 10.1 Å². The number of hydrogen-bond donors (Lipinski definition) is 1. The molecule has 33 heavy (non-hydrogen) atoms. The van der Waals surface area contributed by atoms with Crippen molar-refractivity contribution in [1.82, 2.24) is 30.4 Å². The number of aromatic nitrogens is 4. The van der Waals surface area contributed by atoms with E-state index in [1.54, 1.807) is 11.8 Å². The molecule has 0 aliphatic carbocycles. The Morgan fingerprint density at radius 2 is 1.85 bits per heavy atom. The second-order valence-electron chi connectivity index (χ2n) is 8.08. The van der Waals surface area contributed by atoms with Crippen LogP contribution in [0.4, 0.5) is 0 Å². The number of tetrazole rings is 1. The van der Waals surface area contributed by atoms with Gasteiger partial charge in [-0.2, -0.15) is 0 Å². The zero-order chi connectivity index (χ0) is 22.9. The van der Waals surface area contributed by atoms with Gasteiger partial charge in [-0.15, -0.1) is 5.10 Å². The number of piperidine rings is 1. The van der Waals surface area contributed by atoms with E-state index in [1.807, 2.05) is 42.5 Å². The monoisotopic (exact) mass is 466 g/mol. The molecule has 0 bridgehead atoms. The third kappa shape index (κ3) is 6.55. The second-order valence-corrected chi connectivity index (χ2v) is 9.03. The molecular weight excluding hydrogens is 436 g/mol. The van der Waals surface area contributed by atoms with Gasteiger partial charge in [-0.25, -0.2) is 4.68 Å². The summed E-state index contributed by atoms with van der Waals surface area (Å²) in [5.41, 5.74) is 2.30. The number of nitrogens with zero attached hydrogens (tertiary/aromatic N) is 5. The van der Waals surface area contributed by atoms with Crippen LogP contribution in [0.2, 0.25) is 0 Å². The SMILES string of the molecule is COc1ccc([C@@H](CNC(=O)CSc2nnnn2Cc2ccccc2)N2CCCCC2)cc1. The Bertz CT molecular complexity index is 1010. The molecule has 8 nitrogen and oxygen atoms in total. The molecular formula is C24H30N6O2S. The number of likely N-dealkylation sites (tertiary alicyclic amines) is 1. The largest absolute Gasteiger partial charge is 0.497 e. The van der Waals surface area contributed by atoms with Crippen LogP contribution in [0.1, 0.15) is 36.4 Å². The number of carbonyl (C=O) groups is 1. The fraction of sp³-hybridized carbons (Fsp3) is 0.417. The Morgan fingerprint density at radius 3 is 2.58 bits per heavy atom. The average Bonchev–Trinajstić information content (AvgIpc) is 3.31. The Labute approximate surface area is 198 Å². The fourth-order valence-electron chi connectivity index (χ4n) is 4.06. The summed E-state index contributed by atoms with van der Waals surface area (Å²) in [6, 6.07) is 18.3. The lowest BCUT2D eigenvalue weighted by atomic mass is 10.0. The predicted molar refractivity (Wildman–Crippen MR) is 128 cm³/mol. The van der Waals surface area contributed by atoms with Crippen molar-refractivity contribution in [3.63, 3.8) is 0 Å². The molecule has 1 aliphatic rings. The minimum absolute atomic E-state index is 0.0233. The molecule has 1 amide bonds. The van der Waals surface area contributed by atoms with E-state index >= 15 is 0 Å². The number of hydrogen-bond acceptors (Lipinski definition) is 7. The van der Waals surface area contributed by atoms with Gasteiger partial charge in [0.25, 0.3) is 0 Å². The summed E-state index contributed by atoms with van der Waals surface area (Å²) in [7, 11) is 1.67. The van der Waals surface area contributed by atoms with E-state index in [1.165, 1.54) is 36.6 Å². The Kier molecular flexibility index (Phi) is 8.32. The van der Waals surface area contributed by atoms with Crippen LogP contribution >= 0.6 is 11.8 Å². The van der Waals surface area contributed by atoms with Gasteiger partial charge in [0, 0.05) is 6.54 Å². The quantitative estimate of drug-likeness (QED) is 0.460. The smallest absolute Gasteiger partial charge is 0.230 e. The van der Waals surface area contributed by atoms with Gasteiger partial charge in [0.05, 0.1) is 25.4 Å². The molecule has 1 N–H and O–H groups in total. The highest BCUT2D eigenvalue weighted by molar-refractivity contribution is 7.99. The molecule has 0 spiro atoms. The predicted octanol–water partition coefficient (Wildman–Crippen LogP) is 3.17. The topological polar surface area (TPSA) is 85.2 Å². The fourth-order valence-corrected chi connectivity index (χ4v) is 4.77. The minimum Gasteiger partial charge on any atom is -0.497 e. The van der Waals surface area contributed by atoms with E-state index in [4.69, 9.17) is 4.74 Å². The molecule has 1 atom stereocenters. The van der Waals surface area contributed by atoms with Crippen LogP contribution in [0, 0.1) is 0 Å². The van der Waals surface area contributed by atoms with Crippen molar-refractivity contribution in [2.75, 3.05) is 32.5 Å². The number of amides is 1. The summed E-state index contributed by atoms with van der Waals surface area (Å²) in [4.78, 5) is 15.1. The van der Waals surface area contributed by atoms with Crippen molar-refractivity contribution in [3.05, 3.63) is 65.7 Å². The van der Waals surface area contributed by atoms with Gasteiger partial charge in [-0.05, 0) is 59.6 Å². The first kappa shape index (κ1) is 23.3. The van der Waals surface area contributed by atoms with Crippen LogP contribution in [0.15, 0.2) is 59.8 Å². The number of ether oxygens (including phenoxy) is 1. The van der Waals surface area contributed by atoms with Crippen molar-refractivity contribution in [2.24, 2.45) is 0 Å². The minimum atomic E-state index is -0.0233. The highest BCUT2D eigenvalue weighted by Gasteiger charge is 2.23. The van der Waals surface area contributed by atoms with Crippen molar-refractivity contribution in [1.29, 1.82) is 0 Å². The van der Waals surface area contributed by atoms with E-state index < -0.39 is 0 Å². The molecule has 1 aromatic heterocycles. The van der Waals surface area contributed by atoms with E-state index in [2.05, 4.69) is 37.9 Å². The van der Waals surface area contributed by atoms with E-state index in [-0.39, 0.29) is 17.7 Å². The Balaban J connectivity index is 1.33. The first-order chi connectivity index (χ1) is 16.2. The number of benzene rings is 2. The maximum absolute atomic E-state index is 12.7. The van der Waals surface area contributed by atoms with Gasteiger partial charge >= 0.3 is 0 Å². The van der Waals surface area contributed by atoms with Crippen molar-refractivity contribution >= 4 is 17.7 Å². The summed E-state index contributed by atoms with van der Waals surface area (Å²) < 4.78 is 7.03. The van der Waals surface area contributed by atoms with E-state index in [0.29, 0.717) is 18.2 Å². The molecule has 1 saturated heterocycles. The lowest BCUT2D eigenvalue weighted by Gasteiger charge is -2.35. The Hall–Kier alpha value is -2.91. The van der Waals surface area contributed by atoms with Crippen molar-refractivity contribution < 1.29 is 9.53 Å². The molecule has 2 aromatic carbocycles. The first-order valence-corrected chi connectivity index (χ1v) is 12.3. The molecule has 174 valence electrons. The average molecular weight is 467 g/mol. The summed E-state index contributed by atoms with van der Waals surface area (Å²) in [5, 5.41) is 15.7. The zero-order valence-corrected chi connectivity index (χ0v) is 19.7. The number of carbonyl (C=O) groups excluding carboxylic acids is 1. The van der Waals surface area contributed by atoms with Gasteiger partial charge in [0.15, 0.2) is 0 Å². The number of rotatable bonds is 10. The van der Waals surface area contributed by atoms with Gasteiger partial charge in [-0.3, -0.25) is 9.69 Å². The molecule has 9 heteroatoms. The first-order valence-electron chi connectivity index (χ1n) is 11.3. The molecule has 2 heterocycles. The summed E-state index contributed by atoms with van der Waals surface area (Å²) in [6.45, 7) is 3.25. The zero-order valence-electron chi connectivity index (χ0n) is 18.9. The lowest BCUT2D eigenvalue weighted by Crippen LogP contribution is -2.41. The van der Waals surface area contributed by atoms with Crippen LogP contribution in [0.3, 0.4) is 0 Å². The van der Waals surface area contributed by atoms with E-state index in [0.717, 1.165) is 24.4 Å². The molecule has 0 saturated carbocycles. The highest BCUT2D eigenvalue weighted by atomic mass is 32.2. The van der Waals surface area contributed by atoms with Crippen molar-refractivity contribution in [2.45, 2.75) is 37.0 Å². The second kappa shape index (κ2) is 11.8. The van der Waals surface area contributed by atoms with Crippen LogP contribution in [-0.4, -0.2) is 63.5 Å². The molecule has 0 unspecified atom stereocenters. The number of methoxy groups -OCH3 is 1. The van der Waals surface area contributed by atoms with Crippen LogP contribution < -0.4 is 10.1 Å². The van der Waals surface area contributed by atoms with Gasteiger partial charge in [-0.1, -0.05) is 60.6 Å². The molecule has 1 aliphatic heterocycles. The summed E-state index contributed by atoms with van der Waals surface area (Å²) in [6.07, 6.45) is 3.66. The molecule has 1 fully saturated rings.